The predicted molar refractivity (Wildman–Crippen MR) is 149 cm³/mol. The summed E-state index contributed by atoms with van der Waals surface area (Å²) in [6, 6.07) is 16.1. The Morgan fingerprint density at radius 1 is 1.03 bits per heavy atom. The van der Waals surface area contributed by atoms with E-state index in [4.69, 9.17) is 21.0 Å². The van der Waals surface area contributed by atoms with Crippen molar-refractivity contribution in [3.05, 3.63) is 97.9 Å². The molecule has 0 saturated carbocycles. The number of carbonyl (C=O) groups is 2. The molecular weight excluding hydrogens is 522 g/mol. The highest BCUT2D eigenvalue weighted by atomic mass is 35.5. The van der Waals surface area contributed by atoms with Gasteiger partial charge >= 0.3 is 0 Å². The van der Waals surface area contributed by atoms with E-state index in [0.717, 1.165) is 15.8 Å². The van der Waals surface area contributed by atoms with E-state index in [2.05, 4.69) is 0 Å². The van der Waals surface area contributed by atoms with Crippen molar-refractivity contribution in [2.75, 3.05) is 16.3 Å². The lowest BCUT2D eigenvalue weighted by Crippen LogP contribution is -2.53. The van der Waals surface area contributed by atoms with Crippen LogP contribution in [-0.2, 0) is 10.3 Å². The number of nitrogens with zero attached hydrogens (tertiary/aromatic N) is 3. The molecule has 0 bridgehead atoms. The summed E-state index contributed by atoms with van der Waals surface area (Å²) in [4.78, 5) is 50.7. The van der Waals surface area contributed by atoms with Crippen LogP contribution in [0.25, 0.3) is 21.2 Å². The average molecular weight is 542 g/mol. The number of likely N-dealkylation sites (N-methyl/N-ethyl adjacent to an activating group) is 1. The molecule has 188 valence electrons. The Bertz CT molecular complexity index is 1940. The first-order valence-electron chi connectivity index (χ1n) is 12.2. The number of hydrogen-bond donors (Lipinski definition) is 0. The molecule has 0 saturated heterocycles. The van der Waals surface area contributed by atoms with Crippen LogP contribution in [0.5, 0.6) is 0 Å². The van der Waals surface area contributed by atoms with E-state index in [9.17, 15) is 14.4 Å². The number of para-hydroxylation sites is 1. The van der Waals surface area contributed by atoms with E-state index >= 15 is 0 Å². The molecule has 1 atom stereocenters. The maximum absolute atomic E-state index is 14.5. The highest BCUT2D eigenvalue weighted by Gasteiger charge is 2.66. The largest absolute Gasteiger partial charge is 0.450 e. The fourth-order valence-electron chi connectivity index (χ4n) is 5.71. The minimum absolute atomic E-state index is 0.0314. The molecule has 2 aliphatic heterocycles. The van der Waals surface area contributed by atoms with Gasteiger partial charge in [-0.2, -0.15) is 0 Å². The van der Waals surface area contributed by atoms with Gasteiger partial charge in [-0.1, -0.05) is 41.1 Å². The van der Waals surface area contributed by atoms with E-state index in [1.54, 1.807) is 41.3 Å². The zero-order chi connectivity index (χ0) is 26.5. The number of hydrogen-bond acceptors (Lipinski definition) is 6. The molecule has 2 amide bonds. The molecule has 2 aromatic heterocycles. The summed E-state index contributed by atoms with van der Waals surface area (Å²) >= 11 is 7.46. The third kappa shape index (κ3) is 2.73. The number of carbonyl (C=O) groups excluding carboxylic acids is 2. The van der Waals surface area contributed by atoms with Crippen LogP contribution in [0.1, 0.15) is 39.7 Å². The predicted octanol–water partition coefficient (Wildman–Crippen LogP) is 5.94. The van der Waals surface area contributed by atoms with Gasteiger partial charge in [0.15, 0.2) is 16.1 Å². The lowest BCUT2D eigenvalue weighted by Gasteiger charge is -2.32. The molecule has 7 nitrogen and oxygen atoms in total. The second kappa shape index (κ2) is 7.75. The third-order valence-corrected chi connectivity index (χ3v) is 8.83. The van der Waals surface area contributed by atoms with E-state index in [1.165, 1.54) is 16.2 Å². The molecule has 38 heavy (non-hydrogen) atoms. The first-order chi connectivity index (χ1) is 18.3. The minimum atomic E-state index is -1.75. The first kappa shape index (κ1) is 23.1. The summed E-state index contributed by atoms with van der Waals surface area (Å²) in [6.45, 7) is 6.06. The fraction of sp³-hybridized carbons (Fsp3) is 0.172. The Kier molecular flexibility index (Phi) is 4.72. The number of thiazole rings is 1. The second-order valence-corrected chi connectivity index (χ2v) is 11.0. The van der Waals surface area contributed by atoms with Crippen molar-refractivity contribution >= 4 is 66.8 Å². The normalized spacial score (nSPS) is 18.3. The Hall–Kier alpha value is -4.01. The van der Waals surface area contributed by atoms with Crippen LogP contribution in [0.4, 0.5) is 10.8 Å². The van der Waals surface area contributed by atoms with Gasteiger partial charge in [-0.15, -0.1) is 0 Å². The van der Waals surface area contributed by atoms with Gasteiger partial charge in [0.25, 0.3) is 11.8 Å². The van der Waals surface area contributed by atoms with E-state index in [1.807, 2.05) is 39.0 Å². The number of rotatable bonds is 2. The monoisotopic (exact) mass is 541 g/mol. The van der Waals surface area contributed by atoms with Gasteiger partial charge in [0.1, 0.15) is 5.58 Å². The van der Waals surface area contributed by atoms with Crippen LogP contribution < -0.4 is 15.2 Å². The highest BCUT2D eigenvalue weighted by Crippen LogP contribution is 2.54. The van der Waals surface area contributed by atoms with Crippen LogP contribution in [-0.4, -0.2) is 23.3 Å². The molecule has 9 heteroatoms. The van der Waals surface area contributed by atoms with Crippen molar-refractivity contribution in [3.8, 4) is 0 Å². The number of fused-ring (bicyclic) bond motifs is 6. The lowest BCUT2D eigenvalue weighted by atomic mass is 9.84. The van der Waals surface area contributed by atoms with Gasteiger partial charge in [0, 0.05) is 17.1 Å². The molecule has 1 spiro atoms. The van der Waals surface area contributed by atoms with Gasteiger partial charge in [0.05, 0.1) is 26.9 Å². The number of benzene rings is 3. The molecule has 3 aromatic carbocycles. The Morgan fingerprint density at radius 3 is 2.58 bits per heavy atom. The van der Waals surface area contributed by atoms with Gasteiger partial charge in [-0.05, 0) is 68.3 Å². The van der Waals surface area contributed by atoms with Crippen LogP contribution in [0.2, 0.25) is 5.02 Å². The summed E-state index contributed by atoms with van der Waals surface area (Å²) in [7, 11) is 0. The second-order valence-electron chi connectivity index (χ2n) is 9.59. The van der Waals surface area contributed by atoms with Gasteiger partial charge in [0.2, 0.25) is 5.76 Å². The number of aromatic nitrogens is 1. The van der Waals surface area contributed by atoms with Crippen LogP contribution >= 0.6 is 22.9 Å². The summed E-state index contributed by atoms with van der Waals surface area (Å²) in [6.07, 6.45) is 0. The molecule has 0 N–H and O–H groups in total. The Balaban J connectivity index is 1.64. The summed E-state index contributed by atoms with van der Waals surface area (Å²) in [5.74, 6) is -1.10. The van der Waals surface area contributed by atoms with Crippen molar-refractivity contribution in [1.82, 2.24) is 4.98 Å². The van der Waals surface area contributed by atoms with E-state index in [0.29, 0.717) is 39.3 Å². The molecular formula is C29H20ClN3O4S. The summed E-state index contributed by atoms with van der Waals surface area (Å²) < 4.78 is 6.95. The third-order valence-electron chi connectivity index (χ3n) is 7.59. The number of aryl methyl sites for hydroxylation is 2. The Labute approximate surface area is 225 Å². The van der Waals surface area contributed by atoms with E-state index in [-0.39, 0.29) is 22.4 Å². The molecule has 0 radical (unpaired) electrons. The van der Waals surface area contributed by atoms with Crippen molar-refractivity contribution in [2.45, 2.75) is 26.3 Å². The van der Waals surface area contributed by atoms with Crippen molar-refractivity contribution in [2.24, 2.45) is 0 Å². The van der Waals surface area contributed by atoms with Gasteiger partial charge < -0.3 is 9.32 Å². The van der Waals surface area contributed by atoms with Crippen LogP contribution in [0, 0.1) is 13.8 Å². The zero-order valence-corrected chi connectivity index (χ0v) is 22.2. The molecule has 4 heterocycles. The van der Waals surface area contributed by atoms with Crippen molar-refractivity contribution in [3.63, 3.8) is 0 Å². The molecule has 1 unspecified atom stereocenters. The quantitative estimate of drug-likeness (QED) is 0.276. The molecule has 7 rings (SSSR count). The summed E-state index contributed by atoms with van der Waals surface area (Å²) in [5, 5.41) is 1.15. The SMILES string of the molecule is CCN1C(=O)C2(c3ccccc31)c1c(oc3cc(C)c(C)cc3c1=O)C(=O)N2c1nc2ccc(Cl)cc2s1. The molecule has 2 aliphatic rings. The molecule has 0 fully saturated rings. The Morgan fingerprint density at radius 2 is 1.79 bits per heavy atom. The van der Waals surface area contributed by atoms with Crippen LogP contribution in [0.3, 0.4) is 0 Å². The van der Waals surface area contributed by atoms with Crippen LogP contribution in [0.15, 0.2) is 63.8 Å². The standard InChI is InChI=1S/C29H20ClN3O4S/c1-4-32-20-8-6-5-7-18(20)29(27(32)36)23-24(34)17-11-14(2)15(3)12-21(17)37-25(23)26(35)33(29)28-31-19-10-9-16(30)13-22(19)38-28/h5-13H,4H2,1-3H3. The maximum atomic E-state index is 14.5. The number of anilines is 2. The zero-order valence-electron chi connectivity index (χ0n) is 20.7. The lowest BCUT2D eigenvalue weighted by molar-refractivity contribution is -0.121. The van der Waals surface area contributed by atoms with Gasteiger partial charge in [-0.25, -0.2) is 4.98 Å². The average Bonchev–Trinajstić information content (AvgIpc) is 3.50. The molecule has 5 aromatic rings. The van der Waals surface area contributed by atoms with Crippen molar-refractivity contribution in [1.29, 1.82) is 0 Å². The highest BCUT2D eigenvalue weighted by molar-refractivity contribution is 7.22. The smallest absolute Gasteiger partial charge is 0.297 e. The topological polar surface area (TPSA) is 83.7 Å². The number of halogens is 1. The first-order valence-corrected chi connectivity index (χ1v) is 13.4. The maximum Gasteiger partial charge on any atom is 0.297 e. The number of amides is 2. The van der Waals surface area contributed by atoms with Gasteiger partial charge in [-0.3, -0.25) is 19.3 Å². The summed E-state index contributed by atoms with van der Waals surface area (Å²) in [5.41, 5.74) is 1.87. The molecule has 0 aliphatic carbocycles. The van der Waals surface area contributed by atoms with Crippen molar-refractivity contribution < 1.29 is 14.0 Å². The van der Waals surface area contributed by atoms with E-state index < -0.39 is 16.9 Å². The minimum Gasteiger partial charge on any atom is -0.450 e. The fourth-order valence-corrected chi connectivity index (χ4v) is 7.01.